The zero-order chi connectivity index (χ0) is 15.7. The molecule has 0 saturated carbocycles. The van der Waals surface area contributed by atoms with E-state index in [0.717, 1.165) is 0 Å². The zero-order valence-electron chi connectivity index (χ0n) is 13.0. The van der Waals surface area contributed by atoms with Crippen molar-refractivity contribution in [1.29, 1.82) is 0 Å². The molecule has 0 radical (unpaired) electrons. The first-order chi connectivity index (χ1) is 9.34. The third-order valence-corrected chi connectivity index (χ3v) is 2.71. The van der Waals surface area contributed by atoms with Crippen molar-refractivity contribution in [1.82, 2.24) is 0 Å². The molecule has 0 aliphatic heterocycles. The van der Waals surface area contributed by atoms with Crippen LogP contribution in [0.25, 0.3) is 0 Å². The van der Waals surface area contributed by atoms with E-state index in [9.17, 15) is 9.59 Å². The van der Waals surface area contributed by atoms with Gasteiger partial charge in [0.05, 0.1) is 14.2 Å². The molecule has 6 heteroatoms. The lowest BCUT2D eigenvalue weighted by atomic mass is 10.1. The summed E-state index contributed by atoms with van der Waals surface area (Å²) >= 11 is 0. The van der Waals surface area contributed by atoms with Gasteiger partial charge in [-0.1, -0.05) is 27.7 Å². The van der Waals surface area contributed by atoms with Crippen molar-refractivity contribution in [2.45, 2.75) is 39.8 Å². The van der Waals surface area contributed by atoms with Gasteiger partial charge in [-0.05, 0) is 11.8 Å². The fraction of sp³-hybridized carbons (Fsp3) is 0.714. The first-order valence-corrected chi connectivity index (χ1v) is 6.55. The van der Waals surface area contributed by atoms with Crippen LogP contribution in [0.15, 0.2) is 9.98 Å². The lowest BCUT2D eigenvalue weighted by Gasteiger charge is -2.13. The summed E-state index contributed by atoms with van der Waals surface area (Å²) in [6.07, 6.45) is 2.83. The van der Waals surface area contributed by atoms with Gasteiger partial charge in [-0.25, -0.2) is 9.59 Å². The fourth-order valence-electron chi connectivity index (χ4n) is 1.51. The van der Waals surface area contributed by atoms with Crippen LogP contribution >= 0.6 is 0 Å². The van der Waals surface area contributed by atoms with E-state index in [1.165, 1.54) is 26.6 Å². The Balaban J connectivity index is 4.77. The zero-order valence-corrected chi connectivity index (χ0v) is 13.0. The third kappa shape index (κ3) is 5.95. The third-order valence-electron chi connectivity index (χ3n) is 2.71. The summed E-state index contributed by atoms with van der Waals surface area (Å²) in [6.45, 7) is 7.51. The van der Waals surface area contributed by atoms with E-state index in [1.54, 1.807) is 0 Å². The summed E-state index contributed by atoms with van der Waals surface area (Å²) in [5.41, 5.74) is 0. The summed E-state index contributed by atoms with van der Waals surface area (Å²) in [7, 11) is 2.65. The molecule has 0 fully saturated rings. The van der Waals surface area contributed by atoms with Gasteiger partial charge in [0.15, 0.2) is 0 Å². The summed E-state index contributed by atoms with van der Waals surface area (Å²) in [6, 6.07) is -1.14. The maximum Gasteiger partial charge on any atom is 0.330 e. The summed E-state index contributed by atoms with van der Waals surface area (Å²) in [4.78, 5) is 31.2. The molecular weight excluding hydrogens is 260 g/mol. The maximum absolute atomic E-state index is 11.5. The monoisotopic (exact) mass is 284 g/mol. The second-order valence-corrected chi connectivity index (χ2v) is 5.02. The molecule has 20 heavy (non-hydrogen) atoms. The molecule has 0 rings (SSSR count). The molecule has 0 spiro atoms. The Morgan fingerprint density at radius 2 is 1.10 bits per heavy atom. The average Bonchev–Trinajstić information content (AvgIpc) is 2.40. The van der Waals surface area contributed by atoms with Crippen molar-refractivity contribution in [3.05, 3.63) is 0 Å². The van der Waals surface area contributed by atoms with E-state index in [4.69, 9.17) is 0 Å². The van der Waals surface area contributed by atoms with Crippen LogP contribution in [0.4, 0.5) is 0 Å². The number of hydrogen-bond acceptors (Lipinski definition) is 6. The van der Waals surface area contributed by atoms with Gasteiger partial charge in [0, 0.05) is 12.4 Å². The number of aliphatic imine (C=N–C) groups is 2. The Kier molecular flexibility index (Phi) is 8.43. The number of carbonyl (C=O) groups excluding carboxylic acids is 2. The predicted octanol–water partition coefficient (Wildman–Crippen LogP) is 1.52. The smallest absolute Gasteiger partial charge is 0.330 e. The van der Waals surface area contributed by atoms with Crippen LogP contribution in [0.1, 0.15) is 27.7 Å². The molecule has 0 N–H and O–H groups in total. The number of nitrogens with zero attached hydrogens (tertiary/aromatic N) is 2. The lowest BCUT2D eigenvalue weighted by Crippen LogP contribution is -2.27. The van der Waals surface area contributed by atoms with Gasteiger partial charge >= 0.3 is 11.9 Å². The summed E-state index contributed by atoms with van der Waals surface area (Å²) in [5.74, 6) is -0.738. The number of hydrogen-bond donors (Lipinski definition) is 0. The number of esters is 2. The minimum atomic E-state index is -0.568. The van der Waals surface area contributed by atoms with E-state index in [0.29, 0.717) is 0 Å². The highest BCUT2D eigenvalue weighted by molar-refractivity contribution is 6.16. The number of methoxy groups -OCH3 is 2. The van der Waals surface area contributed by atoms with Gasteiger partial charge in [-0.3, -0.25) is 9.98 Å². The van der Waals surface area contributed by atoms with Crippen molar-refractivity contribution in [2.75, 3.05) is 14.2 Å². The highest BCUT2D eigenvalue weighted by Crippen LogP contribution is 2.08. The SMILES string of the molecule is COC(=O)C(N=CC=NC(C(=O)OC)C(C)C)C(C)C. The Hall–Kier alpha value is -1.72. The van der Waals surface area contributed by atoms with Crippen LogP contribution in [-0.2, 0) is 19.1 Å². The molecule has 0 aliphatic rings. The Morgan fingerprint density at radius 1 is 0.800 bits per heavy atom. The summed E-state index contributed by atoms with van der Waals surface area (Å²) < 4.78 is 9.35. The van der Waals surface area contributed by atoms with Crippen LogP contribution in [0.2, 0.25) is 0 Å². The van der Waals surface area contributed by atoms with Crippen molar-refractivity contribution in [3.63, 3.8) is 0 Å². The summed E-state index contributed by atoms with van der Waals surface area (Å²) in [5, 5.41) is 0. The molecule has 0 bridgehead atoms. The van der Waals surface area contributed by atoms with E-state index in [-0.39, 0.29) is 11.8 Å². The van der Waals surface area contributed by atoms with Gasteiger partial charge < -0.3 is 9.47 Å². The number of ether oxygens (including phenoxy) is 2. The first kappa shape index (κ1) is 18.3. The van der Waals surface area contributed by atoms with Crippen molar-refractivity contribution in [3.8, 4) is 0 Å². The normalized spacial score (nSPS) is 15.0. The van der Waals surface area contributed by atoms with Gasteiger partial charge in [0.2, 0.25) is 0 Å². The van der Waals surface area contributed by atoms with Gasteiger partial charge in [0.25, 0.3) is 0 Å². The quantitative estimate of drug-likeness (QED) is 0.524. The molecule has 0 aromatic heterocycles. The van der Waals surface area contributed by atoms with Crippen molar-refractivity contribution >= 4 is 24.4 Å². The molecule has 2 unspecified atom stereocenters. The molecule has 6 nitrogen and oxygen atoms in total. The fourth-order valence-corrected chi connectivity index (χ4v) is 1.51. The molecule has 0 heterocycles. The van der Waals surface area contributed by atoms with Gasteiger partial charge in [-0.2, -0.15) is 0 Å². The minimum absolute atomic E-state index is 0.0219. The van der Waals surface area contributed by atoms with Gasteiger partial charge in [0.1, 0.15) is 12.1 Å². The van der Waals surface area contributed by atoms with Crippen molar-refractivity contribution in [2.24, 2.45) is 21.8 Å². The van der Waals surface area contributed by atoms with Gasteiger partial charge in [-0.15, -0.1) is 0 Å². The molecule has 114 valence electrons. The highest BCUT2D eigenvalue weighted by atomic mass is 16.5. The van der Waals surface area contributed by atoms with E-state index in [2.05, 4.69) is 19.5 Å². The Bertz CT molecular complexity index is 339. The Labute approximate surface area is 120 Å². The molecule has 0 aliphatic carbocycles. The van der Waals surface area contributed by atoms with E-state index < -0.39 is 24.0 Å². The minimum Gasteiger partial charge on any atom is -0.467 e. The largest absolute Gasteiger partial charge is 0.467 e. The standard InChI is InChI=1S/C14H24N2O4/c1-9(2)11(13(17)19-5)15-7-8-16-12(10(3)4)14(18)20-6/h7-12H,1-6H3. The average molecular weight is 284 g/mol. The molecule has 0 aromatic carbocycles. The number of rotatable bonds is 7. The van der Waals surface area contributed by atoms with Crippen LogP contribution in [0, 0.1) is 11.8 Å². The topological polar surface area (TPSA) is 77.3 Å². The second-order valence-electron chi connectivity index (χ2n) is 5.02. The van der Waals surface area contributed by atoms with Crippen LogP contribution in [0.3, 0.4) is 0 Å². The lowest BCUT2D eigenvalue weighted by molar-refractivity contribution is -0.144. The maximum atomic E-state index is 11.5. The highest BCUT2D eigenvalue weighted by Gasteiger charge is 2.22. The van der Waals surface area contributed by atoms with Crippen LogP contribution in [-0.4, -0.2) is 50.7 Å². The molecule has 0 amide bonds. The molecule has 0 saturated heterocycles. The Morgan fingerprint density at radius 3 is 1.30 bits per heavy atom. The molecule has 2 atom stereocenters. The molecular formula is C14H24N2O4. The van der Waals surface area contributed by atoms with Crippen LogP contribution in [0.5, 0.6) is 0 Å². The molecule has 0 aromatic rings. The first-order valence-electron chi connectivity index (χ1n) is 6.55. The number of carbonyl (C=O) groups is 2. The van der Waals surface area contributed by atoms with E-state index >= 15 is 0 Å². The van der Waals surface area contributed by atoms with E-state index in [1.807, 2.05) is 27.7 Å². The van der Waals surface area contributed by atoms with Crippen LogP contribution < -0.4 is 0 Å². The second kappa shape index (κ2) is 9.23. The van der Waals surface area contributed by atoms with Crippen molar-refractivity contribution < 1.29 is 19.1 Å². The predicted molar refractivity (Wildman–Crippen MR) is 78.3 cm³/mol.